The highest BCUT2D eigenvalue weighted by atomic mass is 16.5. The molecule has 1 aliphatic rings. The molecule has 1 saturated heterocycles. The first-order chi connectivity index (χ1) is 9.48. The highest BCUT2D eigenvalue weighted by Gasteiger charge is 2.31. The van der Waals surface area contributed by atoms with E-state index in [1.54, 1.807) is 6.92 Å². The molecular formula is C15H30N2O3. The van der Waals surface area contributed by atoms with Gasteiger partial charge >= 0.3 is 5.97 Å². The van der Waals surface area contributed by atoms with Crippen molar-refractivity contribution in [2.75, 3.05) is 32.8 Å². The number of ether oxygens (including phenoxy) is 1. The molecule has 2 N–H and O–H groups in total. The topological polar surface area (TPSA) is 61.8 Å². The number of hydrogen-bond acceptors (Lipinski definition) is 4. The number of carboxylic acid groups (broad SMARTS) is 1. The van der Waals surface area contributed by atoms with Gasteiger partial charge in [0.25, 0.3) is 0 Å². The van der Waals surface area contributed by atoms with Gasteiger partial charge in [-0.15, -0.1) is 0 Å². The second-order valence-corrected chi connectivity index (χ2v) is 5.96. The van der Waals surface area contributed by atoms with Crippen LogP contribution in [0.4, 0.5) is 0 Å². The molecule has 20 heavy (non-hydrogen) atoms. The normalized spacial score (nSPS) is 24.1. The van der Waals surface area contributed by atoms with E-state index in [-0.39, 0.29) is 0 Å². The molecule has 0 aliphatic carbocycles. The van der Waals surface area contributed by atoms with E-state index in [9.17, 15) is 9.90 Å². The lowest BCUT2D eigenvalue weighted by Crippen LogP contribution is -2.49. The Hall–Kier alpha value is -0.650. The summed E-state index contributed by atoms with van der Waals surface area (Å²) in [5.74, 6) is -0.754. The maximum Gasteiger partial charge on any atom is 0.323 e. The number of unbranched alkanes of at least 4 members (excludes halogenated alkanes) is 1. The molecule has 2 atom stereocenters. The van der Waals surface area contributed by atoms with Gasteiger partial charge in [0, 0.05) is 19.7 Å². The quantitative estimate of drug-likeness (QED) is 0.665. The Bertz CT molecular complexity index is 299. The fourth-order valence-electron chi connectivity index (χ4n) is 2.76. The second-order valence-electron chi connectivity index (χ2n) is 5.96. The van der Waals surface area contributed by atoms with Crippen molar-refractivity contribution in [3.8, 4) is 0 Å². The Morgan fingerprint density at radius 2 is 2.25 bits per heavy atom. The molecule has 0 radical (unpaired) electrons. The summed E-state index contributed by atoms with van der Waals surface area (Å²) in [6.45, 7) is 10.5. The van der Waals surface area contributed by atoms with Gasteiger partial charge in [-0.3, -0.25) is 4.79 Å². The molecule has 1 fully saturated rings. The third kappa shape index (κ3) is 5.77. The summed E-state index contributed by atoms with van der Waals surface area (Å²) in [5.41, 5.74) is -0.788. The molecule has 118 valence electrons. The zero-order valence-corrected chi connectivity index (χ0v) is 13.2. The van der Waals surface area contributed by atoms with Gasteiger partial charge < -0.3 is 20.1 Å². The minimum absolute atomic E-state index is 0.309. The van der Waals surface area contributed by atoms with E-state index in [0.717, 1.165) is 45.5 Å². The van der Waals surface area contributed by atoms with Gasteiger partial charge in [-0.05, 0) is 52.6 Å². The van der Waals surface area contributed by atoms with Crippen LogP contribution in [0.15, 0.2) is 0 Å². The van der Waals surface area contributed by atoms with Crippen molar-refractivity contribution in [3.05, 3.63) is 0 Å². The fraction of sp³-hybridized carbons (Fsp3) is 0.933. The molecule has 2 unspecified atom stereocenters. The largest absolute Gasteiger partial charge is 0.480 e. The standard InChI is InChI=1S/C15H30N2O3/c1-4-16-15(3,14(18)19)8-5-6-9-17-10-7-11-20-13(2)12-17/h13,16H,4-12H2,1-3H3,(H,18,19). The molecular weight excluding hydrogens is 256 g/mol. The lowest BCUT2D eigenvalue weighted by molar-refractivity contribution is -0.144. The number of carboxylic acids is 1. The van der Waals surface area contributed by atoms with Crippen LogP contribution >= 0.6 is 0 Å². The van der Waals surface area contributed by atoms with Crippen molar-refractivity contribution in [2.24, 2.45) is 0 Å². The van der Waals surface area contributed by atoms with Crippen LogP contribution in [-0.4, -0.2) is 60.4 Å². The van der Waals surface area contributed by atoms with Gasteiger partial charge in [0.1, 0.15) is 5.54 Å². The average Bonchev–Trinajstić information content (AvgIpc) is 2.59. The summed E-state index contributed by atoms with van der Waals surface area (Å²) in [6, 6.07) is 0. The van der Waals surface area contributed by atoms with Crippen molar-refractivity contribution < 1.29 is 14.6 Å². The van der Waals surface area contributed by atoms with E-state index in [4.69, 9.17) is 4.74 Å². The highest BCUT2D eigenvalue weighted by Crippen LogP contribution is 2.15. The summed E-state index contributed by atoms with van der Waals surface area (Å²) >= 11 is 0. The van der Waals surface area contributed by atoms with Crippen LogP contribution in [0.1, 0.15) is 46.5 Å². The SMILES string of the molecule is CCNC(C)(CCCCN1CCCOC(C)C1)C(=O)O. The first-order valence-electron chi connectivity index (χ1n) is 7.80. The molecule has 5 nitrogen and oxygen atoms in total. The van der Waals surface area contributed by atoms with E-state index in [1.807, 2.05) is 6.92 Å². The molecule has 0 amide bonds. The second kappa shape index (κ2) is 8.60. The maximum atomic E-state index is 11.3. The smallest absolute Gasteiger partial charge is 0.323 e. The van der Waals surface area contributed by atoms with Crippen LogP contribution in [0.5, 0.6) is 0 Å². The Kier molecular flexibility index (Phi) is 7.48. The Labute approximate surface area is 122 Å². The van der Waals surface area contributed by atoms with Gasteiger partial charge in [0.05, 0.1) is 6.10 Å². The molecule has 5 heteroatoms. The van der Waals surface area contributed by atoms with Crippen molar-refractivity contribution in [2.45, 2.75) is 58.1 Å². The van der Waals surface area contributed by atoms with Crippen LogP contribution in [0.3, 0.4) is 0 Å². The van der Waals surface area contributed by atoms with E-state index in [0.29, 0.717) is 19.1 Å². The molecule has 0 saturated carbocycles. The summed E-state index contributed by atoms with van der Waals surface area (Å²) < 4.78 is 5.63. The highest BCUT2D eigenvalue weighted by molar-refractivity contribution is 5.78. The lowest BCUT2D eigenvalue weighted by atomic mass is 9.95. The number of likely N-dealkylation sites (N-methyl/N-ethyl adjacent to an activating group) is 1. The van der Waals surface area contributed by atoms with Crippen LogP contribution < -0.4 is 5.32 Å². The average molecular weight is 286 g/mol. The van der Waals surface area contributed by atoms with Crippen LogP contribution in [0.25, 0.3) is 0 Å². The van der Waals surface area contributed by atoms with Gasteiger partial charge in [-0.1, -0.05) is 6.92 Å². The van der Waals surface area contributed by atoms with Crippen molar-refractivity contribution >= 4 is 5.97 Å². The zero-order chi connectivity index (χ0) is 15.0. The Morgan fingerprint density at radius 1 is 1.50 bits per heavy atom. The minimum atomic E-state index is -0.788. The molecule has 0 spiro atoms. The Morgan fingerprint density at radius 3 is 2.90 bits per heavy atom. The van der Waals surface area contributed by atoms with E-state index in [2.05, 4.69) is 17.1 Å². The van der Waals surface area contributed by atoms with Crippen LogP contribution in [0, 0.1) is 0 Å². The van der Waals surface area contributed by atoms with Gasteiger partial charge in [-0.25, -0.2) is 0 Å². The van der Waals surface area contributed by atoms with Crippen molar-refractivity contribution in [1.82, 2.24) is 10.2 Å². The molecule has 1 aliphatic heterocycles. The van der Waals surface area contributed by atoms with Crippen molar-refractivity contribution in [1.29, 1.82) is 0 Å². The predicted molar refractivity (Wildman–Crippen MR) is 80.0 cm³/mol. The third-order valence-electron chi connectivity index (χ3n) is 3.98. The number of hydrogen-bond donors (Lipinski definition) is 2. The minimum Gasteiger partial charge on any atom is -0.480 e. The molecule has 0 aromatic rings. The van der Waals surface area contributed by atoms with Gasteiger partial charge in [-0.2, -0.15) is 0 Å². The van der Waals surface area contributed by atoms with Crippen molar-refractivity contribution in [3.63, 3.8) is 0 Å². The number of carbonyl (C=O) groups is 1. The maximum absolute atomic E-state index is 11.3. The fourth-order valence-corrected chi connectivity index (χ4v) is 2.76. The summed E-state index contributed by atoms with van der Waals surface area (Å²) in [6.07, 6.45) is 4.05. The summed E-state index contributed by atoms with van der Waals surface area (Å²) in [7, 11) is 0. The predicted octanol–water partition coefficient (Wildman–Crippen LogP) is 1.72. The van der Waals surface area contributed by atoms with Gasteiger partial charge in [0.2, 0.25) is 0 Å². The summed E-state index contributed by atoms with van der Waals surface area (Å²) in [5, 5.41) is 12.4. The Balaban J connectivity index is 2.27. The van der Waals surface area contributed by atoms with Crippen LogP contribution in [-0.2, 0) is 9.53 Å². The molecule has 1 rings (SSSR count). The van der Waals surface area contributed by atoms with Gasteiger partial charge in [0.15, 0.2) is 0 Å². The molecule has 0 bridgehead atoms. The third-order valence-corrected chi connectivity index (χ3v) is 3.98. The first kappa shape index (κ1) is 17.4. The van der Waals surface area contributed by atoms with E-state index < -0.39 is 11.5 Å². The lowest BCUT2D eigenvalue weighted by Gasteiger charge is -2.26. The van der Waals surface area contributed by atoms with E-state index >= 15 is 0 Å². The monoisotopic (exact) mass is 286 g/mol. The van der Waals surface area contributed by atoms with E-state index in [1.165, 1.54) is 0 Å². The molecule has 1 heterocycles. The molecule has 0 aromatic heterocycles. The number of nitrogens with zero attached hydrogens (tertiary/aromatic N) is 1. The number of rotatable bonds is 8. The molecule has 0 aromatic carbocycles. The van der Waals surface area contributed by atoms with Crippen LogP contribution in [0.2, 0.25) is 0 Å². The first-order valence-corrected chi connectivity index (χ1v) is 7.80. The zero-order valence-electron chi connectivity index (χ0n) is 13.2. The number of aliphatic carboxylic acids is 1. The summed E-state index contributed by atoms with van der Waals surface area (Å²) in [4.78, 5) is 13.7. The number of nitrogens with one attached hydrogen (secondary N) is 1.